The number of aromatic nitrogens is 1. The third kappa shape index (κ3) is 1.29. The van der Waals surface area contributed by atoms with Crippen LogP contribution in [0.15, 0.2) is 10.8 Å². The molecule has 0 aliphatic carbocycles. The van der Waals surface area contributed by atoms with Crippen molar-refractivity contribution < 1.29 is 4.42 Å². The lowest BCUT2D eigenvalue weighted by atomic mass is 10.3. The summed E-state index contributed by atoms with van der Waals surface area (Å²) in [7, 11) is 0. The van der Waals surface area contributed by atoms with Crippen LogP contribution >= 0.6 is 0 Å². The molecule has 50 valence electrons. The van der Waals surface area contributed by atoms with Crippen molar-refractivity contribution in [1.82, 2.24) is 4.98 Å². The third-order valence-electron chi connectivity index (χ3n) is 1.22. The Balaban J connectivity index is 2.69. The van der Waals surface area contributed by atoms with E-state index in [1.807, 2.05) is 6.92 Å². The Kier molecular flexibility index (Phi) is 1.85. The van der Waals surface area contributed by atoms with Crippen LogP contribution in [-0.4, -0.2) is 11.5 Å². The standard InChI is InChI=1S/C6H10N2O/c1-5-6(2-3-7)9-4-8-5/h4H,2-3,7H2,1H3. The van der Waals surface area contributed by atoms with Crippen LogP contribution in [0.1, 0.15) is 11.5 Å². The molecular weight excluding hydrogens is 116 g/mol. The molecule has 0 radical (unpaired) electrons. The van der Waals surface area contributed by atoms with Gasteiger partial charge in [-0.2, -0.15) is 0 Å². The van der Waals surface area contributed by atoms with Gasteiger partial charge in [-0.15, -0.1) is 0 Å². The van der Waals surface area contributed by atoms with Crippen LogP contribution in [0, 0.1) is 6.92 Å². The molecule has 1 aromatic heterocycles. The summed E-state index contributed by atoms with van der Waals surface area (Å²) in [6.45, 7) is 2.53. The summed E-state index contributed by atoms with van der Waals surface area (Å²) in [5.41, 5.74) is 6.25. The van der Waals surface area contributed by atoms with Gasteiger partial charge in [0, 0.05) is 6.42 Å². The molecule has 0 spiro atoms. The van der Waals surface area contributed by atoms with E-state index in [0.717, 1.165) is 17.9 Å². The lowest BCUT2D eigenvalue weighted by Crippen LogP contribution is -2.02. The molecule has 0 aliphatic rings. The third-order valence-corrected chi connectivity index (χ3v) is 1.22. The second-order valence-corrected chi connectivity index (χ2v) is 1.90. The van der Waals surface area contributed by atoms with Gasteiger partial charge in [0.25, 0.3) is 0 Å². The zero-order chi connectivity index (χ0) is 6.69. The minimum absolute atomic E-state index is 0.621. The molecule has 1 heterocycles. The number of nitrogens with zero attached hydrogens (tertiary/aromatic N) is 1. The molecule has 3 nitrogen and oxygen atoms in total. The SMILES string of the molecule is Cc1ncoc1CCN. The Bertz CT molecular complexity index is 183. The first-order chi connectivity index (χ1) is 4.34. The lowest BCUT2D eigenvalue weighted by Gasteiger charge is -1.89. The largest absolute Gasteiger partial charge is 0.448 e. The first-order valence-electron chi connectivity index (χ1n) is 2.93. The monoisotopic (exact) mass is 126 g/mol. The van der Waals surface area contributed by atoms with E-state index >= 15 is 0 Å². The van der Waals surface area contributed by atoms with E-state index in [4.69, 9.17) is 10.2 Å². The Hall–Kier alpha value is -0.830. The summed E-state index contributed by atoms with van der Waals surface area (Å²) < 4.78 is 5.01. The van der Waals surface area contributed by atoms with E-state index in [1.165, 1.54) is 6.39 Å². The average molecular weight is 126 g/mol. The number of oxazole rings is 1. The van der Waals surface area contributed by atoms with E-state index in [2.05, 4.69) is 4.98 Å². The minimum atomic E-state index is 0.621. The molecule has 1 rings (SSSR count). The van der Waals surface area contributed by atoms with Gasteiger partial charge < -0.3 is 10.2 Å². The molecule has 0 aliphatic heterocycles. The van der Waals surface area contributed by atoms with Gasteiger partial charge in [-0.1, -0.05) is 0 Å². The van der Waals surface area contributed by atoms with Crippen LogP contribution < -0.4 is 5.73 Å². The van der Waals surface area contributed by atoms with Crippen LogP contribution in [0.2, 0.25) is 0 Å². The predicted molar refractivity (Wildman–Crippen MR) is 34.0 cm³/mol. The normalized spacial score (nSPS) is 10.0. The highest BCUT2D eigenvalue weighted by molar-refractivity contribution is 5.04. The fraction of sp³-hybridized carbons (Fsp3) is 0.500. The van der Waals surface area contributed by atoms with Crippen LogP contribution in [0.4, 0.5) is 0 Å². The molecule has 0 saturated carbocycles. The number of rotatable bonds is 2. The van der Waals surface area contributed by atoms with Gasteiger partial charge in [0.1, 0.15) is 5.76 Å². The first-order valence-corrected chi connectivity index (χ1v) is 2.93. The van der Waals surface area contributed by atoms with Gasteiger partial charge in [0.05, 0.1) is 5.69 Å². The molecule has 0 fully saturated rings. The molecule has 0 bridgehead atoms. The number of hydrogen-bond donors (Lipinski definition) is 1. The molecule has 0 atom stereocenters. The Morgan fingerprint density at radius 3 is 3.00 bits per heavy atom. The van der Waals surface area contributed by atoms with Crippen molar-refractivity contribution in [1.29, 1.82) is 0 Å². The average Bonchev–Trinajstić information content (AvgIpc) is 2.18. The lowest BCUT2D eigenvalue weighted by molar-refractivity contribution is 0.503. The van der Waals surface area contributed by atoms with Gasteiger partial charge in [-0.05, 0) is 13.5 Å². The predicted octanol–water partition coefficient (Wildman–Crippen LogP) is 0.484. The van der Waals surface area contributed by atoms with Gasteiger partial charge in [-0.3, -0.25) is 0 Å². The fourth-order valence-electron chi connectivity index (χ4n) is 0.697. The zero-order valence-corrected chi connectivity index (χ0v) is 5.42. The number of nitrogens with two attached hydrogens (primary N) is 1. The van der Waals surface area contributed by atoms with E-state index in [9.17, 15) is 0 Å². The molecule has 0 unspecified atom stereocenters. The topological polar surface area (TPSA) is 52.0 Å². The van der Waals surface area contributed by atoms with Gasteiger partial charge in [0.2, 0.25) is 0 Å². The van der Waals surface area contributed by atoms with Crippen LogP contribution in [0.3, 0.4) is 0 Å². The fourth-order valence-corrected chi connectivity index (χ4v) is 0.697. The van der Waals surface area contributed by atoms with Crippen molar-refractivity contribution in [3.8, 4) is 0 Å². The maximum Gasteiger partial charge on any atom is 0.181 e. The van der Waals surface area contributed by atoms with E-state index in [-0.39, 0.29) is 0 Å². The molecule has 0 amide bonds. The molecule has 1 aromatic rings. The summed E-state index contributed by atoms with van der Waals surface area (Å²) in [6, 6.07) is 0. The Morgan fingerprint density at radius 1 is 1.78 bits per heavy atom. The second kappa shape index (κ2) is 2.64. The van der Waals surface area contributed by atoms with Crippen molar-refractivity contribution in [2.75, 3.05) is 6.54 Å². The molecular formula is C6H10N2O. The van der Waals surface area contributed by atoms with Crippen molar-refractivity contribution in [3.63, 3.8) is 0 Å². The minimum Gasteiger partial charge on any atom is -0.448 e. The summed E-state index contributed by atoms with van der Waals surface area (Å²) in [5, 5.41) is 0. The summed E-state index contributed by atoms with van der Waals surface area (Å²) >= 11 is 0. The Labute approximate surface area is 53.9 Å². The van der Waals surface area contributed by atoms with Crippen LogP contribution in [0.25, 0.3) is 0 Å². The van der Waals surface area contributed by atoms with E-state index in [1.54, 1.807) is 0 Å². The van der Waals surface area contributed by atoms with Gasteiger partial charge >= 0.3 is 0 Å². The molecule has 9 heavy (non-hydrogen) atoms. The summed E-state index contributed by atoms with van der Waals surface area (Å²) in [4.78, 5) is 3.91. The van der Waals surface area contributed by atoms with E-state index in [0.29, 0.717) is 6.54 Å². The maximum atomic E-state index is 5.30. The molecule has 2 N–H and O–H groups in total. The molecule has 0 aromatic carbocycles. The quantitative estimate of drug-likeness (QED) is 0.627. The van der Waals surface area contributed by atoms with Gasteiger partial charge in [0.15, 0.2) is 6.39 Å². The first kappa shape index (κ1) is 6.29. The maximum absolute atomic E-state index is 5.30. The summed E-state index contributed by atoms with van der Waals surface area (Å²) in [6.07, 6.45) is 2.23. The van der Waals surface area contributed by atoms with Crippen molar-refractivity contribution in [3.05, 3.63) is 17.8 Å². The van der Waals surface area contributed by atoms with Crippen molar-refractivity contribution in [2.24, 2.45) is 5.73 Å². The van der Waals surface area contributed by atoms with E-state index < -0.39 is 0 Å². The van der Waals surface area contributed by atoms with Gasteiger partial charge in [-0.25, -0.2) is 4.98 Å². The highest BCUT2D eigenvalue weighted by Crippen LogP contribution is 2.03. The van der Waals surface area contributed by atoms with Crippen molar-refractivity contribution in [2.45, 2.75) is 13.3 Å². The Morgan fingerprint density at radius 2 is 2.56 bits per heavy atom. The second-order valence-electron chi connectivity index (χ2n) is 1.90. The van der Waals surface area contributed by atoms with Crippen molar-refractivity contribution >= 4 is 0 Å². The van der Waals surface area contributed by atoms with Crippen LogP contribution in [-0.2, 0) is 6.42 Å². The molecule has 0 saturated heterocycles. The molecule has 3 heteroatoms. The smallest absolute Gasteiger partial charge is 0.181 e. The van der Waals surface area contributed by atoms with Crippen LogP contribution in [0.5, 0.6) is 0 Å². The highest BCUT2D eigenvalue weighted by atomic mass is 16.3. The number of hydrogen-bond acceptors (Lipinski definition) is 3. The summed E-state index contributed by atoms with van der Waals surface area (Å²) in [5.74, 6) is 0.900. The number of aryl methyl sites for hydroxylation is 1. The zero-order valence-electron chi connectivity index (χ0n) is 5.42. The highest BCUT2D eigenvalue weighted by Gasteiger charge is 1.99.